The van der Waals surface area contributed by atoms with Gasteiger partial charge in [-0.2, -0.15) is 5.26 Å². The van der Waals surface area contributed by atoms with Crippen molar-refractivity contribution in [3.8, 4) is 6.07 Å². The molecule has 0 aromatic rings. The third kappa shape index (κ3) is 2.76. The van der Waals surface area contributed by atoms with Gasteiger partial charge in [0.1, 0.15) is 6.04 Å². The first-order valence-corrected chi connectivity index (χ1v) is 6.02. The number of likely N-dealkylation sites (tertiary alicyclic amines) is 1. The summed E-state index contributed by atoms with van der Waals surface area (Å²) in [6, 6.07) is 1.63. The molecule has 5 heteroatoms. The average Bonchev–Trinajstić information content (AvgIpc) is 2.71. The van der Waals surface area contributed by atoms with Gasteiger partial charge < -0.3 is 9.80 Å². The van der Waals surface area contributed by atoms with Gasteiger partial charge in [-0.25, -0.2) is 0 Å². The summed E-state index contributed by atoms with van der Waals surface area (Å²) in [6.45, 7) is 7.23. The van der Waals surface area contributed by atoms with Crippen molar-refractivity contribution in [2.75, 3.05) is 19.6 Å². The summed E-state index contributed by atoms with van der Waals surface area (Å²) in [5.74, 6) is -0.402. The summed E-state index contributed by atoms with van der Waals surface area (Å²) >= 11 is 0. The second-order valence-electron chi connectivity index (χ2n) is 4.26. The lowest BCUT2D eigenvalue weighted by molar-refractivity contribution is -0.142. The Kier molecular flexibility index (Phi) is 4.50. The topological polar surface area (TPSA) is 64.4 Å². The number of rotatable bonds is 4. The third-order valence-corrected chi connectivity index (χ3v) is 3.24. The maximum atomic E-state index is 12.1. The molecule has 0 N–H and O–H groups in total. The van der Waals surface area contributed by atoms with Gasteiger partial charge in [-0.3, -0.25) is 9.59 Å². The second kappa shape index (κ2) is 5.67. The molecule has 1 aliphatic heterocycles. The van der Waals surface area contributed by atoms with Gasteiger partial charge in [0.05, 0.1) is 12.0 Å². The Morgan fingerprint density at radius 1 is 1.59 bits per heavy atom. The number of likely N-dealkylation sites (N-methyl/N-ethyl adjacent to an activating group) is 1. The fourth-order valence-electron chi connectivity index (χ4n) is 2.13. The molecule has 0 aromatic carbocycles. The van der Waals surface area contributed by atoms with Gasteiger partial charge in [-0.1, -0.05) is 0 Å². The minimum atomic E-state index is -0.458. The Morgan fingerprint density at radius 3 is 2.59 bits per heavy atom. The minimum absolute atomic E-state index is 0.0399. The van der Waals surface area contributed by atoms with Crippen LogP contribution in [-0.2, 0) is 9.59 Å². The fourth-order valence-corrected chi connectivity index (χ4v) is 2.13. The summed E-state index contributed by atoms with van der Waals surface area (Å²) < 4.78 is 0. The maximum absolute atomic E-state index is 12.1. The number of hydrogen-bond acceptors (Lipinski definition) is 3. The molecule has 0 saturated carbocycles. The molecular formula is C12H19N3O2. The molecule has 17 heavy (non-hydrogen) atoms. The summed E-state index contributed by atoms with van der Waals surface area (Å²) in [7, 11) is 0. The molecule has 94 valence electrons. The summed E-state index contributed by atoms with van der Waals surface area (Å²) in [5, 5.41) is 8.80. The molecule has 2 unspecified atom stereocenters. The van der Waals surface area contributed by atoms with E-state index in [2.05, 4.69) is 6.07 Å². The lowest BCUT2D eigenvalue weighted by Crippen LogP contribution is -2.47. The molecule has 0 aliphatic carbocycles. The van der Waals surface area contributed by atoms with Crippen LogP contribution in [0.25, 0.3) is 0 Å². The van der Waals surface area contributed by atoms with Gasteiger partial charge in [-0.05, 0) is 20.8 Å². The van der Waals surface area contributed by atoms with E-state index in [1.807, 2.05) is 13.8 Å². The molecule has 1 aliphatic rings. The predicted octanol–water partition coefficient (Wildman–Crippen LogP) is 0.615. The van der Waals surface area contributed by atoms with Crippen molar-refractivity contribution in [3.63, 3.8) is 0 Å². The molecule has 0 bridgehead atoms. The van der Waals surface area contributed by atoms with Crippen LogP contribution in [0.2, 0.25) is 0 Å². The van der Waals surface area contributed by atoms with Crippen LogP contribution in [0.15, 0.2) is 0 Å². The molecule has 0 aromatic heterocycles. The lowest BCUT2D eigenvalue weighted by atomic mass is 10.1. The van der Waals surface area contributed by atoms with Gasteiger partial charge in [0, 0.05) is 26.1 Å². The van der Waals surface area contributed by atoms with Gasteiger partial charge in [0.25, 0.3) is 0 Å². The smallest absolute Gasteiger partial charge is 0.245 e. The van der Waals surface area contributed by atoms with Crippen LogP contribution in [0.4, 0.5) is 0 Å². The van der Waals surface area contributed by atoms with Crippen LogP contribution in [-0.4, -0.2) is 47.3 Å². The van der Waals surface area contributed by atoms with E-state index in [9.17, 15) is 9.59 Å². The van der Waals surface area contributed by atoms with Crippen LogP contribution in [0.5, 0.6) is 0 Å². The zero-order valence-electron chi connectivity index (χ0n) is 10.6. The number of carbonyl (C=O) groups excluding carboxylic acids is 2. The molecule has 0 spiro atoms. The first-order valence-electron chi connectivity index (χ1n) is 6.02. The van der Waals surface area contributed by atoms with E-state index in [1.54, 1.807) is 11.8 Å². The number of amides is 2. The molecular weight excluding hydrogens is 218 g/mol. The van der Waals surface area contributed by atoms with Crippen molar-refractivity contribution in [1.29, 1.82) is 5.26 Å². The monoisotopic (exact) mass is 237 g/mol. The third-order valence-electron chi connectivity index (χ3n) is 3.24. The predicted molar refractivity (Wildman–Crippen MR) is 62.8 cm³/mol. The minimum Gasteiger partial charge on any atom is -0.341 e. The Balaban J connectivity index is 2.71. The van der Waals surface area contributed by atoms with Gasteiger partial charge in [-0.15, -0.1) is 0 Å². The van der Waals surface area contributed by atoms with Crippen LogP contribution >= 0.6 is 0 Å². The summed E-state index contributed by atoms with van der Waals surface area (Å²) in [5.41, 5.74) is 0. The number of carbonyl (C=O) groups is 2. The molecule has 1 fully saturated rings. The molecule has 0 radical (unpaired) electrons. The quantitative estimate of drug-likeness (QED) is 0.719. The zero-order valence-corrected chi connectivity index (χ0v) is 10.6. The van der Waals surface area contributed by atoms with E-state index in [0.717, 1.165) is 0 Å². The lowest BCUT2D eigenvalue weighted by Gasteiger charge is -2.28. The average molecular weight is 237 g/mol. The van der Waals surface area contributed by atoms with Gasteiger partial charge in [0.2, 0.25) is 11.8 Å². The first kappa shape index (κ1) is 13.5. The van der Waals surface area contributed by atoms with Crippen molar-refractivity contribution >= 4 is 11.8 Å². The van der Waals surface area contributed by atoms with Crippen molar-refractivity contribution in [2.45, 2.75) is 33.2 Å². The standard InChI is InChI=1S/C12H19N3O2/c1-4-14(5-2)12(17)9(3)15-8-10(7-13)6-11(15)16/h9-10H,4-6,8H2,1-3H3. The largest absolute Gasteiger partial charge is 0.341 e. The van der Waals surface area contributed by atoms with E-state index in [-0.39, 0.29) is 24.2 Å². The van der Waals surface area contributed by atoms with Crippen molar-refractivity contribution < 1.29 is 9.59 Å². The van der Waals surface area contributed by atoms with Crippen LogP contribution in [0, 0.1) is 17.2 Å². The fraction of sp³-hybridized carbons (Fsp3) is 0.750. The normalized spacial score (nSPS) is 21.2. The zero-order chi connectivity index (χ0) is 13.0. The highest BCUT2D eigenvalue weighted by Crippen LogP contribution is 2.20. The van der Waals surface area contributed by atoms with E-state index in [1.165, 1.54) is 4.90 Å². The number of nitrogens with zero attached hydrogens (tertiary/aromatic N) is 3. The molecule has 1 heterocycles. The Morgan fingerprint density at radius 2 is 2.18 bits per heavy atom. The summed E-state index contributed by atoms with van der Waals surface area (Å²) in [6.07, 6.45) is 0.242. The molecule has 1 rings (SSSR count). The highest BCUT2D eigenvalue weighted by Gasteiger charge is 2.36. The Hall–Kier alpha value is -1.57. The van der Waals surface area contributed by atoms with Crippen molar-refractivity contribution in [1.82, 2.24) is 9.80 Å². The summed E-state index contributed by atoms with van der Waals surface area (Å²) in [4.78, 5) is 27.0. The number of hydrogen-bond donors (Lipinski definition) is 0. The Labute approximate surface area is 102 Å². The first-order chi connectivity index (χ1) is 8.04. The Bertz CT molecular complexity index is 344. The van der Waals surface area contributed by atoms with Gasteiger partial charge in [0.15, 0.2) is 0 Å². The van der Waals surface area contributed by atoms with E-state index < -0.39 is 6.04 Å². The highest BCUT2D eigenvalue weighted by molar-refractivity contribution is 5.88. The molecule has 1 saturated heterocycles. The highest BCUT2D eigenvalue weighted by atomic mass is 16.2. The molecule has 2 amide bonds. The second-order valence-corrected chi connectivity index (χ2v) is 4.26. The van der Waals surface area contributed by atoms with Crippen LogP contribution in [0.3, 0.4) is 0 Å². The molecule has 5 nitrogen and oxygen atoms in total. The molecule has 2 atom stereocenters. The van der Waals surface area contributed by atoms with E-state index in [0.29, 0.717) is 19.6 Å². The van der Waals surface area contributed by atoms with Crippen molar-refractivity contribution in [3.05, 3.63) is 0 Å². The van der Waals surface area contributed by atoms with Gasteiger partial charge >= 0.3 is 0 Å². The number of nitriles is 1. The van der Waals surface area contributed by atoms with Crippen LogP contribution < -0.4 is 0 Å². The van der Waals surface area contributed by atoms with Crippen molar-refractivity contribution in [2.24, 2.45) is 5.92 Å². The van der Waals surface area contributed by atoms with E-state index >= 15 is 0 Å². The SMILES string of the molecule is CCN(CC)C(=O)C(C)N1CC(C#N)CC1=O. The van der Waals surface area contributed by atoms with E-state index in [4.69, 9.17) is 5.26 Å². The maximum Gasteiger partial charge on any atom is 0.245 e. The van der Waals surface area contributed by atoms with Crippen LogP contribution in [0.1, 0.15) is 27.2 Å².